The van der Waals surface area contributed by atoms with Crippen LogP contribution in [0.1, 0.15) is 46.3 Å². The number of hydrogen-bond acceptors (Lipinski definition) is 3. The molecule has 0 spiro atoms. The smallest absolute Gasteiger partial charge is 0.264 e. The molecule has 0 bridgehead atoms. The van der Waals surface area contributed by atoms with Crippen LogP contribution >= 0.6 is 11.3 Å². The van der Waals surface area contributed by atoms with Crippen LogP contribution in [0.4, 0.5) is 0 Å². The van der Waals surface area contributed by atoms with Gasteiger partial charge in [-0.25, -0.2) is 0 Å². The van der Waals surface area contributed by atoms with E-state index in [4.69, 9.17) is 0 Å². The number of thiophene rings is 1. The average Bonchev–Trinajstić information content (AvgIpc) is 2.76. The summed E-state index contributed by atoms with van der Waals surface area (Å²) in [5.41, 5.74) is 1.23. The van der Waals surface area contributed by atoms with Gasteiger partial charge in [0.05, 0.1) is 4.88 Å². The van der Waals surface area contributed by atoms with E-state index < -0.39 is 0 Å². The first-order valence-corrected chi connectivity index (χ1v) is 8.03. The van der Waals surface area contributed by atoms with Gasteiger partial charge in [-0.05, 0) is 57.8 Å². The molecule has 19 heavy (non-hydrogen) atoms. The summed E-state index contributed by atoms with van der Waals surface area (Å²) in [6.45, 7) is 9.25. The number of hydrogen-bond donors (Lipinski definition) is 1. The van der Waals surface area contributed by atoms with Gasteiger partial charge in [0.15, 0.2) is 0 Å². The lowest BCUT2D eigenvalue weighted by atomic mass is 10.0. The number of carbonyl (C=O) groups excluding carboxylic acids is 1. The lowest BCUT2D eigenvalue weighted by Gasteiger charge is -2.34. The van der Waals surface area contributed by atoms with Crippen molar-refractivity contribution in [2.45, 2.75) is 46.1 Å². The van der Waals surface area contributed by atoms with Crippen LogP contribution in [-0.2, 0) is 0 Å². The molecular formula is C15H24N2OS. The molecule has 2 heterocycles. The Morgan fingerprint density at radius 3 is 2.63 bits per heavy atom. The normalized spacial score (nSPS) is 16.6. The van der Waals surface area contributed by atoms with Gasteiger partial charge in [-0.15, -0.1) is 11.3 Å². The SMILES string of the molecule is CCCN(C(=O)c1cc(C)c(C)s1)C1CCNCC1. The van der Waals surface area contributed by atoms with Gasteiger partial charge in [0.2, 0.25) is 0 Å². The van der Waals surface area contributed by atoms with E-state index in [-0.39, 0.29) is 5.91 Å². The molecule has 4 heteroatoms. The van der Waals surface area contributed by atoms with Crippen LogP contribution in [0, 0.1) is 13.8 Å². The Kier molecular flexibility index (Phi) is 4.99. The Hall–Kier alpha value is -0.870. The number of amides is 1. The molecule has 3 nitrogen and oxygen atoms in total. The van der Waals surface area contributed by atoms with E-state index in [1.807, 2.05) is 6.07 Å². The van der Waals surface area contributed by atoms with Gasteiger partial charge in [0, 0.05) is 17.5 Å². The molecule has 1 fully saturated rings. The van der Waals surface area contributed by atoms with E-state index >= 15 is 0 Å². The van der Waals surface area contributed by atoms with Gasteiger partial charge in [-0.3, -0.25) is 4.79 Å². The first-order valence-electron chi connectivity index (χ1n) is 7.22. The average molecular weight is 280 g/mol. The summed E-state index contributed by atoms with van der Waals surface area (Å²) in [4.78, 5) is 17.0. The van der Waals surface area contributed by atoms with Crippen molar-refractivity contribution in [3.05, 3.63) is 21.4 Å². The fourth-order valence-corrected chi connectivity index (χ4v) is 3.62. The van der Waals surface area contributed by atoms with Crippen molar-refractivity contribution in [1.29, 1.82) is 0 Å². The molecule has 0 aliphatic carbocycles. The number of carbonyl (C=O) groups is 1. The monoisotopic (exact) mass is 280 g/mol. The molecule has 0 radical (unpaired) electrons. The van der Waals surface area contributed by atoms with E-state index in [1.165, 1.54) is 10.4 Å². The summed E-state index contributed by atoms with van der Waals surface area (Å²) in [7, 11) is 0. The molecule has 1 aliphatic rings. The maximum absolute atomic E-state index is 12.7. The molecule has 1 N–H and O–H groups in total. The number of nitrogens with one attached hydrogen (secondary N) is 1. The standard InChI is InChI=1S/C15H24N2OS/c1-4-9-17(13-5-7-16-8-6-13)15(18)14-10-11(2)12(3)19-14/h10,13,16H,4-9H2,1-3H3. The molecule has 1 amide bonds. The summed E-state index contributed by atoms with van der Waals surface area (Å²) in [6.07, 6.45) is 3.18. The Morgan fingerprint density at radius 1 is 1.42 bits per heavy atom. The number of nitrogens with zero attached hydrogens (tertiary/aromatic N) is 1. The van der Waals surface area contributed by atoms with Gasteiger partial charge in [-0.2, -0.15) is 0 Å². The minimum Gasteiger partial charge on any atom is -0.335 e. The zero-order chi connectivity index (χ0) is 13.8. The maximum atomic E-state index is 12.7. The highest BCUT2D eigenvalue weighted by Gasteiger charge is 2.26. The zero-order valence-electron chi connectivity index (χ0n) is 12.2. The Bertz CT molecular complexity index is 416. The Labute approximate surface area is 120 Å². The third-order valence-electron chi connectivity index (χ3n) is 3.85. The van der Waals surface area contributed by atoms with E-state index in [1.54, 1.807) is 11.3 Å². The predicted molar refractivity (Wildman–Crippen MR) is 81.0 cm³/mol. The second-order valence-corrected chi connectivity index (χ2v) is 6.59. The predicted octanol–water partition coefficient (Wildman–Crippen LogP) is 2.97. The maximum Gasteiger partial charge on any atom is 0.264 e. The minimum absolute atomic E-state index is 0.231. The van der Waals surface area contributed by atoms with Crippen molar-refractivity contribution in [3.8, 4) is 0 Å². The van der Waals surface area contributed by atoms with Crippen LogP contribution < -0.4 is 5.32 Å². The summed E-state index contributed by atoms with van der Waals surface area (Å²) in [5, 5.41) is 3.37. The number of piperidine rings is 1. The fraction of sp³-hybridized carbons (Fsp3) is 0.667. The Balaban J connectivity index is 2.15. The van der Waals surface area contributed by atoms with Gasteiger partial charge in [0.1, 0.15) is 0 Å². The summed E-state index contributed by atoms with van der Waals surface area (Å²) < 4.78 is 0. The molecule has 0 saturated carbocycles. The molecule has 0 atom stereocenters. The second-order valence-electron chi connectivity index (χ2n) is 5.33. The van der Waals surface area contributed by atoms with Gasteiger partial charge in [0.25, 0.3) is 5.91 Å². The molecule has 1 aliphatic heterocycles. The van der Waals surface area contributed by atoms with Crippen LogP contribution in [0.25, 0.3) is 0 Å². The highest BCUT2D eigenvalue weighted by atomic mass is 32.1. The van der Waals surface area contributed by atoms with Crippen LogP contribution in [0.5, 0.6) is 0 Å². The molecule has 0 unspecified atom stereocenters. The third-order valence-corrected chi connectivity index (χ3v) is 4.99. The largest absolute Gasteiger partial charge is 0.335 e. The lowest BCUT2D eigenvalue weighted by Crippen LogP contribution is -2.46. The van der Waals surface area contributed by atoms with Crippen molar-refractivity contribution < 1.29 is 4.79 Å². The molecule has 106 valence electrons. The highest BCUT2D eigenvalue weighted by molar-refractivity contribution is 7.14. The van der Waals surface area contributed by atoms with Crippen molar-refractivity contribution >= 4 is 17.2 Å². The zero-order valence-corrected chi connectivity index (χ0v) is 13.0. The second kappa shape index (κ2) is 6.53. The van der Waals surface area contributed by atoms with Crippen LogP contribution in [0.3, 0.4) is 0 Å². The molecular weight excluding hydrogens is 256 g/mol. The minimum atomic E-state index is 0.231. The molecule has 1 aromatic heterocycles. The molecule has 1 aromatic rings. The van der Waals surface area contributed by atoms with Gasteiger partial charge < -0.3 is 10.2 Å². The van der Waals surface area contributed by atoms with Crippen LogP contribution in [-0.4, -0.2) is 36.5 Å². The number of aryl methyl sites for hydroxylation is 2. The van der Waals surface area contributed by atoms with Crippen molar-refractivity contribution in [1.82, 2.24) is 10.2 Å². The van der Waals surface area contributed by atoms with Crippen molar-refractivity contribution in [2.24, 2.45) is 0 Å². The van der Waals surface area contributed by atoms with Crippen LogP contribution in [0.2, 0.25) is 0 Å². The quantitative estimate of drug-likeness (QED) is 0.919. The third kappa shape index (κ3) is 3.37. The van der Waals surface area contributed by atoms with Crippen molar-refractivity contribution in [2.75, 3.05) is 19.6 Å². The van der Waals surface area contributed by atoms with Crippen molar-refractivity contribution in [3.63, 3.8) is 0 Å². The topological polar surface area (TPSA) is 32.3 Å². The first-order chi connectivity index (χ1) is 9.13. The summed E-state index contributed by atoms with van der Waals surface area (Å²) >= 11 is 1.63. The molecule has 1 saturated heterocycles. The molecule has 2 rings (SSSR count). The summed E-state index contributed by atoms with van der Waals surface area (Å²) in [5.74, 6) is 0.231. The van der Waals surface area contributed by atoms with E-state index in [0.717, 1.165) is 43.8 Å². The lowest BCUT2D eigenvalue weighted by molar-refractivity contribution is 0.0647. The molecule has 0 aromatic carbocycles. The highest BCUT2D eigenvalue weighted by Crippen LogP contribution is 2.24. The summed E-state index contributed by atoms with van der Waals surface area (Å²) in [6, 6.07) is 2.46. The fourth-order valence-electron chi connectivity index (χ4n) is 2.63. The van der Waals surface area contributed by atoms with E-state index in [2.05, 4.69) is 31.0 Å². The van der Waals surface area contributed by atoms with Gasteiger partial charge >= 0.3 is 0 Å². The number of rotatable bonds is 4. The Morgan fingerprint density at radius 2 is 2.11 bits per heavy atom. The van der Waals surface area contributed by atoms with E-state index in [0.29, 0.717) is 6.04 Å². The first kappa shape index (κ1) is 14.5. The van der Waals surface area contributed by atoms with Gasteiger partial charge in [-0.1, -0.05) is 6.92 Å². The van der Waals surface area contributed by atoms with E-state index in [9.17, 15) is 4.79 Å². The van der Waals surface area contributed by atoms with Crippen LogP contribution in [0.15, 0.2) is 6.07 Å².